The Hall–Kier alpha value is -1.97. The Morgan fingerprint density at radius 1 is 1.35 bits per heavy atom. The zero-order valence-electron chi connectivity index (χ0n) is 9.98. The molecule has 0 saturated heterocycles. The standard InChI is InChI=1S/C13H14O4/c1-13(2)11(14)10(12(15)17-13)8-5-4-6-9(7-8)16-3/h4-7,14H,1-3H3. The van der Waals surface area contributed by atoms with Crippen molar-refractivity contribution in [3.63, 3.8) is 0 Å². The predicted molar refractivity (Wildman–Crippen MR) is 62.7 cm³/mol. The van der Waals surface area contributed by atoms with Crippen LogP contribution in [0.3, 0.4) is 0 Å². The number of benzene rings is 1. The molecule has 0 unspecified atom stereocenters. The average molecular weight is 234 g/mol. The number of carbonyl (C=O) groups excluding carboxylic acids is 1. The lowest BCUT2D eigenvalue weighted by molar-refractivity contribution is -0.143. The lowest BCUT2D eigenvalue weighted by Gasteiger charge is -2.16. The maximum absolute atomic E-state index is 11.7. The molecule has 1 aliphatic heterocycles. The van der Waals surface area contributed by atoms with Gasteiger partial charge in [0.05, 0.1) is 7.11 Å². The minimum absolute atomic E-state index is 0.0456. The Kier molecular flexibility index (Phi) is 2.58. The third kappa shape index (κ3) is 1.86. The Bertz CT molecular complexity index is 500. The summed E-state index contributed by atoms with van der Waals surface area (Å²) in [5.74, 6) is 0.0665. The van der Waals surface area contributed by atoms with E-state index in [0.29, 0.717) is 11.3 Å². The van der Waals surface area contributed by atoms with Gasteiger partial charge in [-0.2, -0.15) is 0 Å². The van der Waals surface area contributed by atoms with Crippen LogP contribution >= 0.6 is 0 Å². The summed E-state index contributed by atoms with van der Waals surface area (Å²) in [6.07, 6.45) is 0. The summed E-state index contributed by atoms with van der Waals surface area (Å²) < 4.78 is 10.2. The maximum atomic E-state index is 11.7. The monoisotopic (exact) mass is 234 g/mol. The van der Waals surface area contributed by atoms with Gasteiger partial charge >= 0.3 is 5.97 Å². The van der Waals surface area contributed by atoms with E-state index in [-0.39, 0.29) is 11.3 Å². The van der Waals surface area contributed by atoms with E-state index in [0.717, 1.165) is 0 Å². The quantitative estimate of drug-likeness (QED) is 0.798. The zero-order valence-corrected chi connectivity index (χ0v) is 9.98. The van der Waals surface area contributed by atoms with Crippen molar-refractivity contribution < 1.29 is 19.4 Å². The molecule has 0 radical (unpaired) electrons. The van der Waals surface area contributed by atoms with Crippen molar-refractivity contribution in [3.8, 4) is 5.75 Å². The van der Waals surface area contributed by atoms with Gasteiger partial charge in [0.1, 0.15) is 11.3 Å². The van der Waals surface area contributed by atoms with Gasteiger partial charge in [-0.05, 0) is 31.5 Å². The predicted octanol–water partition coefficient (Wildman–Crippen LogP) is 2.30. The Morgan fingerprint density at radius 2 is 2.06 bits per heavy atom. The minimum Gasteiger partial charge on any atom is -0.507 e. The number of hydrogen-bond donors (Lipinski definition) is 1. The fraction of sp³-hybridized carbons (Fsp3) is 0.308. The molecule has 0 aromatic heterocycles. The SMILES string of the molecule is COc1cccc(C2=C(O)C(C)(C)OC2=O)c1. The fourth-order valence-corrected chi connectivity index (χ4v) is 1.76. The molecule has 0 saturated carbocycles. The van der Waals surface area contributed by atoms with Crippen LogP contribution in [0.4, 0.5) is 0 Å². The number of aliphatic hydroxyl groups is 1. The molecule has 4 nitrogen and oxygen atoms in total. The number of esters is 1. The second-order valence-electron chi connectivity index (χ2n) is 4.36. The highest BCUT2D eigenvalue weighted by Gasteiger charge is 2.41. The fourth-order valence-electron chi connectivity index (χ4n) is 1.76. The summed E-state index contributed by atoms with van der Waals surface area (Å²) >= 11 is 0. The first-order valence-electron chi connectivity index (χ1n) is 5.27. The van der Waals surface area contributed by atoms with Gasteiger partial charge in [0.25, 0.3) is 0 Å². The molecule has 1 aliphatic rings. The van der Waals surface area contributed by atoms with Crippen molar-refractivity contribution in [2.75, 3.05) is 7.11 Å². The first kappa shape index (κ1) is 11.5. The van der Waals surface area contributed by atoms with E-state index in [2.05, 4.69) is 0 Å². The van der Waals surface area contributed by atoms with Crippen LogP contribution in [0.2, 0.25) is 0 Å². The highest BCUT2D eigenvalue weighted by Crippen LogP contribution is 2.36. The van der Waals surface area contributed by atoms with Crippen LogP contribution < -0.4 is 4.74 Å². The van der Waals surface area contributed by atoms with E-state index in [1.54, 1.807) is 45.2 Å². The number of hydrogen-bond acceptors (Lipinski definition) is 4. The van der Waals surface area contributed by atoms with Gasteiger partial charge in [0.2, 0.25) is 0 Å². The molecule has 0 fully saturated rings. The van der Waals surface area contributed by atoms with E-state index >= 15 is 0 Å². The Balaban J connectivity index is 2.52. The van der Waals surface area contributed by atoms with Gasteiger partial charge in [0, 0.05) is 0 Å². The molecule has 0 bridgehead atoms. The van der Waals surface area contributed by atoms with E-state index in [4.69, 9.17) is 9.47 Å². The third-order valence-electron chi connectivity index (χ3n) is 2.72. The molecule has 0 spiro atoms. The highest BCUT2D eigenvalue weighted by molar-refractivity contribution is 6.19. The molecule has 1 aromatic rings. The molecule has 1 heterocycles. The lowest BCUT2D eigenvalue weighted by Crippen LogP contribution is -2.22. The molecule has 0 amide bonds. The van der Waals surface area contributed by atoms with Crippen LogP contribution in [0.1, 0.15) is 19.4 Å². The van der Waals surface area contributed by atoms with E-state index in [1.807, 2.05) is 0 Å². The summed E-state index contributed by atoms with van der Waals surface area (Å²) in [5.41, 5.74) is -0.165. The topological polar surface area (TPSA) is 55.8 Å². The zero-order chi connectivity index (χ0) is 12.6. The van der Waals surface area contributed by atoms with E-state index < -0.39 is 11.6 Å². The van der Waals surface area contributed by atoms with Crippen molar-refractivity contribution in [3.05, 3.63) is 35.6 Å². The first-order chi connectivity index (χ1) is 7.95. The van der Waals surface area contributed by atoms with Crippen LogP contribution in [0.15, 0.2) is 30.0 Å². The summed E-state index contributed by atoms with van der Waals surface area (Å²) in [6.45, 7) is 3.29. The largest absolute Gasteiger partial charge is 0.507 e. The van der Waals surface area contributed by atoms with Gasteiger partial charge in [0.15, 0.2) is 11.4 Å². The molecule has 17 heavy (non-hydrogen) atoms. The highest BCUT2D eigenvalue weighted by atomic mass is 16.6. The summed E-state index contributed by atoms with van der Waals surface area (Å²) in [7, 11) is 1.55. The molecule has 1 N–H and O–H groups in total. The Labute approximate surface area is 99.5 Å². The van der Waals surface area contributed by atoms with Crippen molar-refractivity contribution in [2.24, 2.45) is 0 Å². The number of carbonyl (C=O) groups is 1. The van der Waals surface area contributed by atoms with Crippen molar-refractivity contribution >= 4 is 11.5 Å². The van der Waals surface area contributed by atoms with Crippen molar-refractivity contribution in [1.82, 2.24) is 0 Å². The van der Waals surface area contributed by atoms with Gasteiger partial charge in [-0.15, -0.1) is 0 Å². The lowest BCUT2D eigenvalue weighted by atomic mass is 10.00. The average Bonchev–Trinajstić information content (AvgIpc) is 2.48. The van der Waals surface area contributed by atoms with E-state index in [1.165, 1.54) is 0 Å². The van der Waals surface area contributed by atoms with Gasteiger partial charge in [-0.25, -0.2) is 4.79 Å². The molecular weight excluding hydrogens is 220 g/mol. The van der Waals surface area contributed by atoms with Gasteiger partial charge in [-0.3, -0.25) is 0 Å². The number of aliphatic hydroxyl groups excluding tert-OH is 1. The molecule has 2 rings (SSSR count). The maximum Gasteiger partial charge on any atom is 0.343 e. The van der Waals surface area contributed by atoms with Crippen molar-refractivity contribution in [2.45, 2.75) is 19.4 Å². The van der Waals surface area contributed by atoms with Crippen LogP contribution in [-0.2, 0) is 9.53 Å². The number of methoxy groups -OCH3 is 1. The van der Waals surface area contributed by atoms with Crippen LogP contribution in [0.5, 0.6) is 5.75 Å². The summed E-state index contributed by atoms with van der Waals surface area (Å²) in [5, 5.41) is 10.00. The molecule has 0 aliphatic carbocycles. The smallest absolute Gasteiger partial charge is 0.343 e. The normalized spacial score (nSPS) is 18.2. The minimum atomic E-state index is -0.963. The third-order valence-corrected chi connectivity index (χ3v) is 2.72. The second kappa shape index (κ2) is 3.80. The molecule has 90 valence electrons. The first-order valence-corrected chi connectivity index (χ1v) is 5.27. The van der Waals surface area contributed by atoms with Crippen LogP contribution in [0, 0.1) is 0 Å². The number of ether oxygens (including phenoxy) is 2. The molecule has 4 heteroatoms. The molecular formula is C13H14O4. The van der Waals surface area contributed by atoms with Crippen molar-refractivity contribution in [1.29, 1.82) is 0 Å². The van der Waals surface area contributed by atoms with E-state index in [9.17, 15) is 9.90 Å². The van der Waals surface area contributed by atoms with Crippen LogP contribution in [-0.4, -0.2) is 23.8 Å². The second-order valence-corrected chi connectivity index (χ2v) is 4.36. The summed E-state index contributed by atoms with van der Waals surface area (Å²) in [4.78, 5) is 11.7. The molecule has 1 aromatic carbocycles. The number of cyclic esters (lactones) is 1. The van der Waals surface area contributed by atoms with Gasteiger partial charge < -0.3 is 14.6 Å². The Morgan fingerprint density at radius 3 is 2.59 bits per heavy atom. The molecule has 0 atom stereocenters. The van der Waals surface area contributed by atoms with Crippen LogP contribution in [0.25, 0.3) is 5.57 Å². The number of rotatable bonds is 2. The van der Waals surface area contributed by atoms with Gasteiger partial charge in [-0.1, -0.05) is 12.1 Å². The summed E-state index contributed by atoms with van der Waals surface area (Å²) in [6, 6.07) is 6.95.